The van der Waals surface area contributed by atoms with Gasteiger partial charge in [0.05, 0.1) is 13.7 Å². The Balaban J connectivity index is 1.78. The van der Waals surface area contributed by atoms with Gasteiger partial charge in [-0.2, -0.15) is 0 Å². The van der Waals surface area contributed by atoms with Gasteiger partial charge in [-0.1, -0.05) is 12.1 Å². The number of ether oxygens (including phenoxy) is 1. The summed E-state index contributed by atoms with van der Waals surface area (Å²) in [6.45, 7) is 2.55. The van der Waals surface area contributed by atoms with E-state index in [4.69, 9.17) is 4.74 Å². The number of carbonyl (C=O) groups excluding carboxylic acids is 1. The van der Waals surface area contributed by atoms with Crippen LogP contribution in [-0.2, 0) is 4.79 Å². The molecule has 1 aromatic carbocycles. The second kappa shape index (κ2) is 6.03. The van der Waals surface area contributed by atoms with E-state index in [1.165, 1.54) is 0 Å². The van der Waals surface area contributed by atoms with Crippen LogP contribution in [0, 0.1) is 0 Å². The van der Waals surface area contributed by atoms with Crippen LogP contribution in [0.3, 0.4) is 0 Å². The minimum Gasteiger partial charge on any atom is -0.497 e. The Morgan fingerprint density at radius 3 is 2.48 bits per heavy atom. The molecule has 2 aliphatic rings. The number of benzene rings is 1. The number of likely N-dealkylation sites (tertiary alicyclic amines) is 1. The van der Waals surface area contributed by atoms with Crippen LogP contribution in [0.2, 0.25) is 0 Å². The molecule has 1 N–H and O–H groups in total. The van der Waals surface area contributed by atoms with Crippen LogP contribution in [-0.4, -0.2) is 55.5 Å². The number of rotatable bonds is 3. The summed E-state index contributed by atoms with van der Waals surface area (Å²) in [4.78, 5) is 16.7. The van der Waals surface area contributed by atoms with Crippen molar-refractivity contribution in [3.8, 4) is 5.75 Å². The SMILES string of the molecule is COc1ccc(C2NCC(=O)N2C2CCN(C)CC2)cc1. The van der Waals surface area contributed by atoms with E-state index in [9.17, 15) is 4.79 Å². The highest BCUT2D eigenvalue weighted by molar-refractivity contribution is 5.81. The van der Waals surface area contributed by atoms with Crippen molar-refractivity contribution in [3.05, 3.63) is 29.8 Å². The van der Waals surface area contributed by atoms with Crippen LogP contribution in [0.4, 0.5) is 0 Å². The molecule has 1 aromatic rings. The van der Waals surface area contributed by atoms with Gasteiger partial charge in [0.25, 0.3) is 0 Å². The van der Waals surface area contributed by atoms with Crippen molar-refractivity contribution in [2.24, 2.45) is 0 Å². The van der Waals surface area contributed by atoms with E-state index in [1.807, 2.05) is 24.3 Å². The summed E-state index contributed by atoms with van der Waals surface area (Å²) in [7, 11) is 3.80. The van der Waals surface area contributed by atoms with Crippen LogP contribution >= 0.6 is 0 Å². The summed E-state index contributed by atoms with van der Waals surface area (Å²) in [6.07, 6.45) is 2.10. The first kappa shape index (κ1) is 14.4. The Bertz CT molecular complexity index is 495. The maximum absolute atomic E-state index is 12.3. The molecule has 21 heavy (non-hydrogen) atoms. The van der Waals surface area contributed by atoms with Crippen molar-refractivity contribution in [3.63, 3.8) is 0 Å². The van der Waals surface area contributed by atoms with Crippen LogP contribution in [0.25, 0.3) is 0 Å². The van der Waals surface area contributed by atoms with Gasteiger partial charge in [-0.15, -0.1) is 0 Å². The van der Waals surface area contributed by atoms with Gasteiger partial charge < -0.3 is 14.5 Å². The normalized spacial score (nSPS) is 24.6. The van der Waals surface area contributed by atoms with E-state index in [1.54, 1.807) is 7.11 Å². The number of methoxy groups -OCH3 is 1. The maximum atomic E-state index is 12.3. The summed E-state index contributed by atoms with van der Waals surface area (Å²) >= 11 is 0. The van der Waals surface area contributed by atoms with Crippen molar-refractivity contribution >= 4 is 5.91 Å². The molecule has 0 spiro atoms. The number of nitrogens with zero attached hydrogens (tertiary/aromatic N) is 2. The zero-order valence-electron chi connectivity index (χ0n) is 12.7. The number of nitrogens with one attached hydrogen (secondary N) is 1. The number of hydrogen-bond donors (Lipinski definition) is 1. The van der Waals surface area contributed by atoms with E-state index in [2.05, 4.69) is 22.2 Å². The second-order valence-corrected chi connectivity index (χ2v) is 5.89. The largest absolute Gasteiger partial charge is 0.497 e. The van der Waals surface area contributed by atoms with Crippen molar-refractivity contribution in [2.75, 3.05) is 33.8 Å². The minimum absolute atomic E-state index is 0.00295. The molecule has 1 unspecified atom stereocenters. The molecule has 1 atom stereocenters. The van der Waals surface area contributed by atoms with Gasteiger partial charge in [-0.25, -0.2) is 0 Å². The first-order valence-corrected chi connectivity index (χ1v) is 7.56. The van der Waals surface area contributed by atoms with Crippen molar-refractivity contribution in [2.45, 2.75) is 25.0 Å². The van der Waals surface area contributed by atoms with Gasteiger partial charge in [-0.3, -0.25) is 10.1 Å². The Labute approximate surface area is 125 Å². The summed E-state index contributed by atoms with van der Waals surface area (Å²) in [5, 5.41) is 3.34. The molecule has 114 valence electrons. The molecule has 2 saturated heterocycles. The fourth-order valence-electron chi connectivity index (χ4n) is 3.27. The van der Waals surface area contributed by atoms with Gasteiger partial charge in [0, 0.05) is 6.04 Å². The first-order valence-electron chi connectivity index (χ1n) is 7.56. The van der Waals surface area contributed by atoms with Crippen molar-refractivity contribution in [1.82, 2.24) is 15.1 Å². The number of carbonyl (C=O) groups is 1. The molecule has 1 amide bonds. The van der Waals surface area contributed by atoms with Crippen LogP contribution in [0.1, 0.15) is 24.6 Å². The van der Waals surface area contributed by atoms with E-state index >= 15 is 0 Å². The molecule has 2 fully saturated rings. The smallest absolute Gasteiger partial charge is 0.238 e. The lowest BCUT2D eigenvalue weighted by Crippen LogP contribution is -2.46. The van der Waals surface area contributed by atoms with E-state index < -0.39 is 0 Å². The summed E-state index contributed by atoms with van der Waals surface area (Å²) in [5.41, 5.74) is 1.13. The Morgan fingerprint density at radius 1 is 1.19 bits per heavy atom. The number of amides is 1. The molecule has 0 aromatic heterocycles. The zero-order valence-corrected chi connectivity index (χ0v) is 12.7. The lowest BCUT2D eigenvalue weighted by atomic mass is 10.0. The van der Waals surface area contributed by atoms with Gasteiger partial charge in [-0.05, 0) is 50.7 Å². The van der Waals surface area contributed by atoms with Crippen molar-refractivity contribution in [1.29, 1.82) is 0 Å². The third-order valence-corrected chi connectivity index (χ3v) is 4.53. The van der Waals surface area contributed by atoms with Gasteiger partial charge in [0.2, 0.25) is 5.91 Å². The predicted octanol–water partition coefficient (Wildman–Crippen LogP) is 1.22. The molecule has 3 rings (SSSR count). The van der Waals surface area contributed by atoms with Gasteiger partial charge in [0.1, 0.15) is 11.9 Å². The molecule has 0 aliphatic carbocycles. The Morgan fingerprint density at radius 2 is 1.86 bits per heavy atom. The average molecular weight is 289 g/mol. The summed E-state index contributed by atoms with van der Waals surface area (Å²) in [6, 6.07) is 8.32. The van der Waals surface area contributed by atoms with Gasteiger partial charge >= 0.3 is 0 Å². The molecule has 0 saturated carbocycles. The predicted molar refractivity (Wildman–Crippen MR) is 81.1 cm³/mol. The third-order valence-electron chi connectivity index (χ3n) is 4.53. The van der Waals surface area contributed by atoms with Crippen LogP contribution < -0.4 is 10.1 Å². The first-order chi connectivity index (χ1) is 10.2. The highest BCUT2D eigenvalue weighted by Gasteiger charge is 2.37. The lowest BCUT2D eigenvalue weighted by Gasteiger charge is -2.38. The Kier molecular flexibility index (Phi) is 4.12. The fourth-order valence-corrected chi connectivity index (χ4v) is 3.27. The van der Waals surface area contributed by atoms with E-state index in [-0.39, 0.29) is 12.1 Å². The van der Waals surface area contributed by atoms with Gasteiger partial charge in [0.15, 0.2) is 0 Å². The second-order valence-electron chi connectivity index (χ2n) is 5.89. The molecule has 0 bridgehead atoms. The van der Waals surface area contributed by atoms with E-state index in [0.29, 0.717) is 12.6 Å². The highest BCUT2D eigenvalue weighted by Crippen LogP contribution is 2.29. The summed E-state index contributed by atoms with van der Waals surface area (Å²) in [5.74, 6) is 1.05. The average Bonchev–Trinajstić information content (AvgIpc) is 2.90. The molecule has 5 heteroatoms. The van der Waals surface area contributed by atoms with Crippen molar-refractivity contribution < 1.29 is 9.53 Å². The van der Waals surface area contributed by atoms with E-state index in [0.717, 1.165) is 37.2 Å². The quantitative estimate of drug-likeness (QED) is 0.909. The lowest BCUT2D eigenvalue weighted by molar-refractivity contribution is -0.131. The topological polar surface area (TPSA) is 44.8 Å². The fraction of sp³-hybridized carbons (Fsp3) is 0.562. The monoisotopic (exact) mass is 289 g/mol. The molecule has 2 aliphatic heterocycles. The van der Waals surface area contributed by atoms with Crippen LogP contribution in [0.15, 0.2) is 24.3 Å². The molecule has 0 radical (unpaired) electrons. The third kappa shape index (κ3) is 2.89. The molecule has 2 heterocycles. The minimum atomic E-state index is -0.00295. The number of hydrogen-bond acceptors (Lipinski definition) is 4. The molecule has 5 nitrogen and oxygen atoms in total. The number of piperidine rings is 1. The highest BCUT2D eigenvalue weighted by atomic mass is 16.5. The zero-order chi connectivity index (χ0) is 14.8. The maximum Gasteiger partial charge on any atom is 0.238 e. The standard InChI is InChI=1S/C16H23N3O2/c1-18-9-7-13(8-10-18)19-15(20)11-17-16(19)12-3-5-14(21-2)6-4-12/h3-6,13,16-17H,7-11H2,1-2H3. The Hall–Kier alpha value is -1.59. The summed E-state index contributed by atoms with van der Waals surface area (Å²) < 4.78 is 5.20. The molecular weight excluding hydrogens is 266 g/mol. The van der Waals surface area contributed by atoms with Crippen LogP contribution in [0.5, 0.6) is 5.75 Å². The molecular formula is C16H23N3O2.